The zero-order chi connectivity index (χ0) is 20.6. The van der Waals surface area contributed by atoms with Gasteiger partial charge in [-0.25, -0.2) is 0 Å². The zero-order valence-corrected chi connectivity index (χ0v) is 17.2. The van der Waals surface area contributed by atoms with Gasteiger partial charge < -0.3 is 24.3 Å². The number of nitrogens with one attached hydrogen (secondary N) is 1. The Morgan fingerprint density at radius 1 is 1.00 bits per heavy atom. The first-order chi connectivity index (χ1) is 14.6. The molecule has 3 aliphatic heterocycles. The Morgan fingerprint density at radius 3 is 2.43 bits per heavy atom. The number of rotatable bonds is 4. The van der Waals surface area contributed by atoms with Gasteiger partial charge in [-0.3, -0.25) is 9.69 Å². The third-order valence-electron chi connectivity index (χ3n) is 5.81. The maximum Gasteiger partial charge on any atom is 0.246 e. The van der Waals surface area contributed by atoms with Crippen LogP contribution in [0, 0.1) is 0 Å². The number of amides is 1. The van der Waals surface area contributed by atoms with Crippen molar-refractivity contribution in [1.82, 2.24) is 4.90 Å². The lowest BCUT2D eigenvalue weighted by Crippen LogP contribution is -2.48. The van der Waals surface area contributed by atoms with Crippen LogP contribution in [0.25, 0.3) is 0 Å². The summed E-state index contributed by atoms with van der Waals surface area (Å²) in [5.74, 6) is 0.710. The second-order valence-electron chi connectivity index (χ2n) is 7.65. The molecule has 1 spiro atoms. The lowest BCUT2D eigenvalue weighted by atomic mass is 9.97. The minimum atomic E-state index is -0.491. The molecule has 0 aliphatic carbocycles. The molecule has 2 aromatic carbocycles. The Bertz CT molecular complexity index is 920. The predicted molar refractivity (Wildman–Crippen MR) is 111 cm³/mol. The summed E-state index contributed by atoms with van der Waals surface area (Å²) in [6, 6.07) is 12.4. The Hall–Kier alpha value is -2.32. The zero-order valence-electron chi connectivity index (χ0n) is 16.4. The molecule has 0 radical (unpaired) electrons. The maximum absolute atomic E-state index is 13.4. The highest BCUT2D eigenvalue weighted by Crippen LogP contribution is 2.37. The van der Waals surface area contributed by atoms with Crippen molar-refractivity contribution in [2.45, 2.75) is 24.7 Å². The molecule has 0 unspecified atom stereocenters. The van der Waals surface area contributed by atoms with E-state index in [1.54, 1.807) is 12.1 Å². The predicted octanol–water partition coefficient (Wildman–Crippen LogP) is 3.59. The van der Waals surface area contributed by atoms with Crippen LogP contribution in [-0.2, 0) is 14.3 Å². The molecule has 1 amide bonds. The molecule has 3 heterocycles. The largest absolute Gasteiger partial charge is 0.454 e. The van der Waals surface area contributed by atoms with Gasteiger partial charge in [-0.2, -0.15) is 0 Å². The summed E-state index contributed by atoms with van der Waals surface area (Å²) in [4.78, 5) is 15.6. The van der Waals surface area contributed by atoms with Gasteiger partial charge in [0.15, 0.2) is 17.3 Å². The SMILES string of the molecule is O=C(Nc1ccc2c(c1)OCO2)[C@H](c1ccc(Cl)cc1)N1CCC2(CC1)OCCO2. The van der Waals surface area contributed by atoms with E-state index in [-0.39, 0.29) is 12.7 Å². The van der Waals surface area contributed by atoms with Crippen LogP contribution in [0.4, 0.5) is 5.69 Å². The average molecular weight is 431 g/mol. The molecule has 2 saturated heterocycles. The number of fused-ring (bicyclic) bond motifs is 1. The van der Waals surface area contributed by atoms with Crippen molar-refractivity contribution in [1.29, 1.82) is 0 Å². The number of halogens is 1. The van der Waals surface area contributed by atoms with E-state index in [1.165, 1.54) is 0 Å². The van der Waals surface area contributed by atoms with Crippen LogP contribution in [0.2, 0.25) is 5.02 Å². The van der Waals surface area contributed by atoms with Crippen molar-refractivity contribution in [3.63, 3.8) is 0 Å². The maximum atomic E-state index is 13.4. The van der Waals surface area contributed by atoms with Gasteiger partial charge in [0.25, 0.3) is 0 Å². The van der Waals surface area contributed by atoms with Crippen molar-refractivity contribution >= 4 is 23.2 Å². The molecule has 7 nitrogen and oxygen atoms in total. The Balaban J connectivity index is 1.37. The summed E-state index contributed by atoms with van der Waals surface area (Å²) in [6.45, 7) is 2.85. The van der Waals surface area contributed by atoms with E-state index in [9.17, 15) is 4.79 Å². The Labute approximate surface area is 179 Å². The molecule has 5 rings (SSSR count). The van der Waals surface area contributed by atoms with E-state index in [0.29, 0.717) is 48.5 Å². The fourth-order valence-electron chi connectivity index (χ4n) is 4.27. The molecule has 1 atom stereocenters. The van der Waals surface area contributed by atoms with Gasteiger partial charge in [-0.05, 0) is 29.8 Å². The number of hydrogen-bond donors (Lipinski definition) is 1. The van der Waals surface area contributed by atoms with E-state index >= 15 is 0 Å². The molecule has 2 aromatic rings. The number of anilines is 1. The first-order valence-corrected chi connectivity index (χ1v) is 10.5. The summed E-state index contributed by atoms with van der Waals surface area (Å²) < 4.78 is 22.4. The summed E-state index contributed by atoms with van der Waals surface area (Å²) >= 11 is 6.07. The Kier molecular flexibility index (Phi) is 5.28. The van der Waals surface area contributed by atoms with Crippen LogP contribution in [0.5, 0.6) is 11.5 Å². The van der Waals surface area contributed by atoms with Crippen molar-refractivity contribution < 1.29 is 23.7 Å². The van der Waals surface area contributed by atoms with Crippen molar-refractivity contribution in [3.8, 4) is 11.5 Å². The molecule has 3 aliphatic rings. The molecule has 30 heavy (non-hydrogen) atoms. The van der Waals surface area contributed by atoms with Crippen molar-refractivity contribution in [3.05, 3.63) is 53.1 Å². The number of benzene rings is 2. The van der Waals surface area contributed by atoms with Gasteiger partial charge in [0, 0.05) is 42.7 Å². The highest BCUT2D eigenvalue weighted by molar-refractivity contribution is 6.30. The molecule has 0 bridgehead atoms. The minimum Gasteiger partial charge on any atom is -0.454 e. The number of ether oxygens (including phenoxy) is 4. The van der Waals surface area contributed by atoms with Crippen LogP contribution in [-0.4, -0.2) is 49.7 Å². The highest BCUT2D eigenvalue weighted by atomic mass is 35.5. The molecular weight excluding hydrogens is 408 g/mol. The second-order valence-corrected chi connectivity index (χ2v) is 8.09. The molecule has 8 heteroatoms. The van der Waals surface area contributed by atoms with Gasteiger partial charge in [-0.15, -0.1) is 0 Å². The first-order valence-electron chi connectivity index (χ1n) is 10.1. The number of nitrogens with zero attached hydrogens (tertiary/aromatic N) is 1. The number of piperidine rings is 1. The summed E-state index contributed by atoms with van der Waals surface area (Å²) in [6.07, 6.45) is 1.46. The molecule has 2 fully saturated rings. The van der Waals surface area contributed by atoms with Crippen molar-refractivity contribution in [2.75, 3.05) is 38.4 Å². The summed E-state index contributed by atoms with van der Waals surface area (Å²) in [5.41, 5.74) is 1.56. The van der Waals surface area contributed by atoms with Crippen molar-refractivity contribution in [2.24, 2.45) is 0 Å². The van der Waals surface area contributed by atoms with Gasteiger partial charge in [-0.1, -0.05) is 23.7 Å². The number of likely N-dealkylation sites (tertiary alicyclic amines) is 1. The standard InChI is InChI=1S/C22H23ClN2O5/c23-16-3-1-15(2-4-16)20(25-9-7-22(8-10-25)29-11-12-30-22)21(26)24-17-5-6-18-19(13-17)28-14-27-18/h1-6,13,20H,7-12,14H2,(H,24,26)/t20-/m0/s1. The minimum absolute atomic E-state index is 0.111. The first kappa shape index (κ1) is 19.6. The van der Waals surface area contributed by atoms with Crippen LogP contribution < -0.4 is 14.8 Å². The molecule has 0 saturated carbocycles. The third-order valence-corrected chi connectivity index (χ3v) is 6.06. The summed E-state index contributed by atoms with van der Waals surface area (Å²) in [5, 5.41) is 3.67. The summed E-state index contributed by atoms with van der Waals surface area (Å²) in [7, 11) is 0. The fourth-order valence-corrected chi connectivity index (χ4v) is 4.39. The van der Waals surface area contributed by atoms with Crippen LogP contribution in [0.1, 0.15) is 24.4 Å². The number of carbonyl (C=O) groups is 1. The van der Waals surface area contributed by atoms with E-state index in [4.69, 9.17) is 30.5 Å². The van der Waals surface area contributed by atoms with Crippen LogP contribution in [0.15, 0.2) is 42.5 Å². The molecule has 0 aromatic heterocycles. The smallest absolute Gasteiger partial charge is 0.246 e. The van der Waals surface area contributed by atoms with Gasteiger partial charge >= 0.3 is 0 Å². The normalized spacial score (nSPS) is 21.0. The van der Waals surface area contributed by atoms with Gasteiger partial charge in [0.2, 0.25) is 12.7 Å². The van der Waals surface area contributed by atoms with Crippen LogP contribution >= 0.6 is 11.6 Å². The monoisotopic (exact) mass is 430 g/mol. The van der Waals surface area contributed by atoms with Gasteiger partial charge in [0.1, 0.15) is 6.04 Å². The quantitative estimate of drug-likeness (QED) is 0.799. The topological polar surface area (TPSA) is 69.3 Å². The Morgan fingerprint density at radius 2 is 1.70 bits per heavy atom. The molecule has 1 N–H and O–H groups in total. The highest BCUT2D eigenvalue weighted by Gasteiger charge is 2.42. The lowest BCUT2D eigenvalue weighted by Gasteiger charge is -2.40. The molecular formula is C22H23ClN2O5. The third kappa shape index (κ3) is 3.86. The van der Waals surface area contributed by atoms with Crippen LogP contribution in [0.3, 0.4) is 0 Å². The second kappa shape index (κ2) is 8.07. The average Bonchev–Trinajstić information content (AvgIpc) is 3.40. The lowest BCUT2D eigenvalue weighted by molar-refractivity contribution is -0.188. The molecule has 158 valence electrons. The van der Waals surface area contributed by atoms with Gasteiger partial charge in [0.05, 0.1) is 13.2 Å². The van der Waals surface area contributed by atoms with E-state index in [0.717, 1.165) is 18.4 Å². The number of carbonyl (C=O) groups excluding carboxylic acids is 1. The van der Waals surface area contributed by atoms with E-state index in [2.05, 4.69) is 10.2 Å². The van der Waals surface area contributed by atoms with E-state index < -0.39 is 11.8 Å². The fraction of sp³-hybridized carbons (Fsp3) is 0.409. The number of hydrogen-bond acceptors (Lipinski definition) is 6. The van der Waals surface area contributed by atoms with E-state index in [1.807, 2.05) is 30.3 Å².